The van der Waals surface area contributed by atoms with Crippen molar-refractivity contribution in [3.05, 3.63) is 65.2 Å². The quantitative estimate of drug-likeness (QED) is 0.803. The van der Waals surface area contributed by atoms with Crippen molar-refractivity contribution in [2.75, 3.05) is 7.05 Å². The standard InChI is InChI=1S/C20H25NO2/c1-5-18(23-19-13-9-10-15(2)16(19)3)20(22)21(4)14-17-11-7-6-8-12-17/h6-13,18H,5,14H2,1-4H3/t18-/m0/s1. The van der Waals surface area contributed by atoms with E-state index in [0.717, 1.165) is 16.9 Å². The van der Waals surface area contributed by atoms with Crippen molar-refractivity contribution in [3.8, 4) is 5.75 Å². The maximum Gasteiger partial charge on any atom is 0.263 e. The van der Waals surface area contributed by atoms with E-state index in [4.69, 9.17) is 4.74 Å². The highest BCUT2D eigenvalue weighted by atomic mass is 16.5. The topological polar surface area (TPSA) is 29.5 Å². The van der Waals surface area contributed by atoms with Crippen LogP contribution in [-0.2, 0) is 11.3 Å². The van der Waals surface area contributed by atoms with Crippen molar-refractivity contribution >= 4 is 5.91 Å². The molecule has 0 aliphatic heterocycles. The van der Waals surface area contributed by atoms with Crippen molar-refractivity contribution < 1.29 is 9.53 Å². The molecule has 1 amide bonds. The molecule has 0 heterocycles. The minimum absolute atomic E-state index is 0.0114. The lowest BCUT2D eigenvalue weighted by Gasteiger charge is -2.24. The summed E-state index contributed by atoms with van der Waals surface area (Å²) in [7, 11) is 1.82. The van der Waals surface area contributed by atoms with Crippen LogP contribution < -0.4 is 4.74 Å². The number of nitrogens with zero attached hydrogens (tertiary/aromatic N) is 1. The van der Waals surface area contributed by atoms with E-state index in [1.54, 1.807) is 4.90 Å². The summed E-state index contributed by atoms with van der Waals surface area (Å²) in [6.45, 7) is 6.64. The number of amides is 1. The number of benzene rings is 2. The molecular formula is C20H25NO2. The maximum atomic E-state index is 12.7. The fourth-order valence-corrected chi connectivity index (χ4v) is 2.49. The molecule has 1 atom stereocenters. The van der Waals surface area contributed by atoms with Crippen LogP contribution in [0.15, 0.2) is 48.5 Å². The molecule has 0 fully saturated rings. The molecule has 0 saturated heterocycles. The van der Waals surface area contributed by atoms with E-state index < -0.39 is 6.10 Å². The molecular weight excluding hydrogens is 286 g/mol. The minimum Gasteiger partial charge on any atom is -0.480 e. The molecule has 0 spiro atoms. The summed E-state index contributed by atoms with van der Waals surface area (Å²) in [6.07, 6.45) is 0.190. The average molecular weight is 311 g/mol. The molecule has 122 valence electrons. The molecule has 3 nitrogen and oxygen atoms in total. The van der Waals surface area contributed by atoms with Gasteiger partial charge in [-0.15, -0.1) is 0 Å². The third-order valence-corrected chi connectivity index (χ3v) is 4.11. The Labute approximate surface area is 138 Å². The van der Waals surface area contributed by atoms with Gasteiger partial charge in [0.1, 0.15) is 5.75 Å². The predicted molar refractivity (Wildman–Crippen MR) is 93.5 cm³/mol. The zero-order chi connectivity index (χ0) is 16.8. The second-order valence-corrected chi connectivity index (χ2v) is 5.89. The van der Waals surface area contributed by atoms with Gasteiger partial charge >= 0.3 is 0 Å². The highest BCUT2D eigenvalue weighted by Gasteiger charge is 2.23. The number of rotatable bonds is 6. The zero-order valence-electron chi connectivity index (χ0n) is 14.4. The Bertz CT molecular complexity index is 652. The van der Waals surface area contributed by atoms with Crippen LogP contribution in [0.4, 0.5) is 0 Å². The van der Waals surface area contributed by atoms with E-state index in [9.17, 15) is 4.79 Å². The molecule has 0 saturated carbocycles. The monoisotopic (exact) mass is 311 g/mol. The van der Waals surface area contributed by atoms with Gasteiger partial charge in [-0.25, -0.2) is 0 Å². The maximum absolute atomic E-state index is 12.7. The third kappa shape index (κ3) is 4.35. The highest BCUT2D eigenvalue weighted by Crippen LogP contribution is 2.23. The van der Waals surface area contributed by atoms with E-state index in [1.807, 2.05) is 76.3 Å². The van der Waals surface area contributed by atoms with Crippen LogP contribution in [0.5, 0.6) is 5.75 Å². The van der Waals surface area contributed by atoms with Gasteiger partial charge in [-0.2, -0.15) is 0 Å². The summed E-state index contributed by atoms with van der Waals surface area (Å²) >= 11 is 0. The van der Waals surface area contributed by atoms with Crippen LogP contribution in [-0.4, -0.2) is 24.0 Å². The van der Waals surface area contributed by atoms with Gasteiger partial charge in [0.2, 0.25) is 0 Å². The van der Waals surface area contributed by atoms with E-state index in [1.165, 1.54) is 5.56 Å². The van der Waals surface area contributed by atoms with Crippen molar-refractivity contribution in [1.82, 2.24) is 4.90 Å². The summed E-state index contributed by atoms with van der Waals surface area (Å²) in [5.41, 5.74) is 3.37. The van der Waals surface area contributed by atoms with Crippen LogP contribution in [0.25, 0.3) is 0 Å². The number of ether oxygens (including phenoxy) is 1. The summed E-state index contributed by atoms with van der Waals surface area (Å²) in [6, 6.07) is 15.9. The van der Waals surface area contributed by atoms with Crippen molar-refractivity contribution in [1.29, 1.82) is 0 Å². The lowest BCUT2D eigenvalue weighted by Crippen LogP contribution is -2.39. The normalized spacial score (nSPS) is 11.8. The molecule has 2 aromatic rings. The van der Waals surface area contributed by atoms with Gasteiger partial charge in [0.25, 0.3) is 5.91 Å². The molecule has 0 aliphatic carbocycles. The van der Waals surface area contributed by atoms with Gasteiger partial charge in [-0.3, -0.25) is 4.79 Å². The number of hydrogen-bond acceptors (Lipinski definition) is 2. The molecule has 0 bridgehead atoms. The third-order valence-electron chi connectivity index (χ3n) is 4.11. The average Bonchev–Trinajstić information content (AvgIpc) is 2.56. The summed E-state index contributed by atoms with van der Waals surface area (Å²) in [5.74, 6) is 0.801. The van der Waals surface area contributed by atoms with Gasteiger partial charge < -0.3 is 9.64 Å². The first-order valence-electron chi connectivity index (χ1n) is 8.04. The molecule has 23 heavy (non-hydrogen) atoms. The molecule has 2 rings (SSSR count). The lowest BCUT2D eigenvalue weighted by atomic mass is 10.1. The van der Waals surface area contributed by atoms with E-state index in [2.05, 4.69) is 0 Å². The van der Waals surface area contributed by atoms with Crippen LogP contribution in [0.2, 0.25) is 0 Å². The number of carbonyl (C=O) groups excluding carboxylic acids is 1. The van der Waals surface area contributed by atoms with E-state index in [0.29, 0.717) is 13.0 Å². The lowest BCUT2D eigenvalue weighted by molar-refractivity contribution is -0.138. The first kappa shape index (κ1) is 17.1. The van der Waals surface area contributed by atoms with Gasteiger partial charge in [-0.05, 0) is 43.0 Å². The van der Waals surface area contributed by atoms with Crippen LogP contribution in [0.1, 0.15) is 30.0 Å². The highest BCUT2D eigenvalue weighted by molar-refractivity contribution is 5.81. The Kier molecular flexibility index (Phi) is 5.80. The second kappa shape index (κ2) is 7.82. The first-order chi connectivity index (χ1) is 11.0. The predicted octanol–water partition coefficient (Wildman–Crippen LogP) is 4.12. The minimum atomic E-state index is -0.454. The Balaban J connectivity index is 2.07. The molecule has 0 aromatic heterocycles. The molecule has 0 aliphatic rings. The Morgan fingerprint density at radius 2 is 1.78 bits per heavy atom. The van der Waals surface area contributed by atoms with Gasteiger partial charge in [0.15, 0.2) is 6.10 Å². The zero-order valence-corrected chi connectivity index (χ0v) is 14.4. The molecule has 0 unspecified atom stereocenters. The summed E-state index contributed by atoms with van der Waals surface area (Å²) in [5, 5.41) is 0. The first-order valence-corrected chi connectivity index (χ1v) is 8.04. The van der Waals surface area contributed by atoms with Gasteiger partial charge in [-0.1, -0.05) is 49.4 Å². The van der Waals surface area contributed by atoms with E-state index >= 15 is 0 Å². The second-order valence-electron chi connectivity index (χ2n) is 5.89. The number of aryl methyl sites for hydroxylation is 1. The van der Waals surface area contributed by atoms with E-state index in [-0.39, 0.29) is 5.91 Å². The van der Waals surface area contributed by atoms with Crippen LogP contribution in [0, 0.1) is 13.8 Å². The molecule has 3 heteroatoms. The van der Waals surface area contributed by atoms with Crippen LogP contribution in [0.3, 0.4) is 0 Å². The summed E-state index contributed by atoms with van der Waals surface area (Å²) in [4.78, 5) is 14.4. The molecule has 0 N–H and O–H groups in total. The largest absolute Gasteiger partial charge is 0.480 e. The fourth-order valence-electron chi connectivity index (χ4n) is 2.49. The SMILES string of the molecule is CC[C@H](Oc1cccc(C)c1C)C(=O)N(C)Cc1ccccc1. The smallest absolute Gasteiger partial charge is 0.263 e. The Morgan fingerprint density at radius 3 is 2.43 bits per heavy atom. The number of carbonyl (C=O) groups is 1. The van der Waals surface area contributed by atoms with Crippen molar-refractivity contribution in [3.63, 3.8) is 0 Å². The Morgan fingerprint density at radius 1 is 1.09 bits per heavy atom. The summed E-state index contributed by atoms with van der Waals surface area (Å²) < 4.78 is 6.00. The molecule has 0 radical (unpaired) electrons. The van der Waals surface area contributed by atoms with Crippen molar-refractivity contribution in [2.45, 2.75) is 39.8 Å². The van der Waals surface area contributed by atoms with Gasteiger partial charge in [0.05, 0.1) is 0 Å². The van der Waals surface area contributed by atoms with Crippen LogP contribution >= 0.6 is 0 Å². The fraction of sp³-hybridized carbons (Fsp3) is 0.350. The van der Waals surface area contributed by atoms with Gasteiger partial charge in [0, 0.05) is 13.6 Å². The number of likely N-dealkylation sites (N-methyl/N-ethyl adjacent to an activating group) is 1. The Hall–Kier alpha value is -2.29. The van der Waals surface area contributed by atoms with Crippen molar-refractivity contribution in [2.24, 2.45) is 0 Å². The molecule has 2 aromatic carbocycles. The number of hydrogen-bond donors (Lipinski definition) is 0.